The molecule has 1 aliphatic rings. The van der Waals surface area contributed by atoms with Gasteiger partial charge in [0.25, 0.3) is 0 Å². The highest BCUT2D eigenvalue weighted by Crippen LogP contribution is 2.45. The van der Waals surface area contributed by atoms with Gasteiger partial charge < -0.3 is 0 Å². The number of hydrogen-bond donors (Lipinski definition) is 0. The van der Waals surface area contributed by atoms with Gasteiger partial charge in [-0.1, -0.05) is 29.0 Å². The average Bonchev–Trinajstić information content (AvgIpc) is 2.99. The van der Waals surface area contributed by atoms with E-state index in [1.807, 2.05) is 0 Å². The molecule has 1 aromatic carbocycles. The Balaban J connectivity index is 2.07. The third-order valence-corrected chi connectivity index (χ3v) is 4.86. The van der Waals surface area contributed by atoms with E-state index in [1.54, 1.807) is 6.07 Å². The molecule has 19 heavy (non-hydrogen) atoms. The van der Waals surface area contributed by atoms with E-state index in [4.69, 9.17) is 11.6 Å². The molecule has 1 aliphatic heterocycles. The van der Waals surface area contributed by atoms with Crippen LogP contribution in [0.5, 0.6) is 0 Å². The Labute approximate surface area is 121 Å². The number of anilines is 1. The van der Waals surface area contributed by atoms with E-state index in [9.17, 15) is 9.18 Å². The maximum Gasteiger partial charge on any atom is 0.240 e. The number of carbonyl (C=O) groups is 1. The van der Waals surface area contributed by atoms with Crippen LogP contribution in [0, 0.1) is 5.82 Å². The molecule has 1 amide bonds. The maximum absolute atomic E-state index is 14.0. The molecule has 1 saturated heterocycles. The van der Waals surface area contributed by atoms with Gasteiger partial charge in [-0.3, -0.25) is 9.69 Å². The van der Waals surface area contributed by atoms with Crippen molar-refractivity contribution in [1.29, 1.82) is 0 Å². The number of amides is 1. The molecule has 0 saturated carbocycles. The second-order valence-electron chi connectivity index (χ2n) is 3.78. The maximum atomic E-state index is 14.0. The lowest BCUT2D eigenvalue weighted by Crippen LogP contribution is -2.28. The van der Waals surface area contributed by atoms with Gasteiger partial charge in [0.2, 0.25) is 11.0 Å². The summed E-state index contributed by atoms with van der Waals surface area (Å²) in [6, 6.07) is 4.49. The zero-order chi connectivity index (χ0) is 13.4. The van der Waals surface area contributed by atoms with Gasteiger partial charge in [0.15, 0.2) is 0 Å². The van der Waals surface area contributed by atoms with E-state index >= 15 is 0 Å². The molecule has 1 fully saturated rings. The Kier molecular flexibility index (Phi) is 3.42. The van der Waals surface area contributed by atoms with Gasteiger partial charge in [-0.05, 0) is 12.1 Å². The number of rotatable bonds is 2. The fourth-order valence-electron chi connectivity index (χ4n) is 1.86. The Hall–Kier alpha value is -1.18. The molecule has 8 heteroatoms. The van der Waals surface area contributed by atoms with Crippen molar-refractivity contribution in [2.24, 2.45) is 0 Å². The number of thioether (sulfide) groups is 1. The lowest BCUT2D eigenvalue weighted by atomic mass is 10.2. The monoisotopic (exact) mass is 315 g/mol. The van der Waals surface area contributed by atoms with Gasteiger partial charge in [0.1, 0.15) is 16.7 Å². The fourth-order valence-corrected chi connectivity index (χ4v) is 4.08. The van der Waals surface area contributed by atoms with Crippen LogP contribution in [0.4, 0.5) is 9.52 Å². The molecule has 0 radical (unpaired) electrons. The molecule has 0 N–H and O–H groups in total. The van der Waals surface area contributed by atoms with Crippen LogP contribution in [0.3, 0.4) is 0 Å². The third-order valence-electron chi connectivity index (χ3n) is 2.67. The van der Waals surface area contributed by atoms with Crippen LogP contribution in [0.25, 0.3) is 0 Å². The van der Waals surface area contributed by atoms with Crippen LogP contribution in [0.15, 0.2) is 23.7 Å². The normalized spacial score (nSPS) is 19.2. The van der Waals surface area contributed by atoms with Crippen LogP contribution in [0.2, 0.25) is 5.02 Å². The average molecular weight is 316 g/mol. The SMILES string of the molecule is O=C1CSC(c2c(F)cccc2Cl)N1c1nncs1. The zero-order valence-corrected chi connectivity index (χ0v) is 11.8. The molecule has 0 bridgehead atoms. The van der Waals surface area contributed by atoms with Gasteiger partial charge in [0.05, 0.1) is 5.75 Å². The first-order valence-electron chi connectivity index (χ1n) is 5.32. The summed E-state index contributed by atoms with van der Waals surface area (Å²) >= 11 is 8.63. The van der Waals surface area contributed by atoms with Crippen LogP contribution < -0.4 is 4.90 Å². The highest BCUT2D eigenvalue weighted by atomic mass is 35.5. The molecule has 4 nitrogen and oxygen atoms in total. The highest BCUT2D eigenvalue weighted by Gasteiger charge is 2.38. The molecular weight excluding hydrogens is 309 g/mol. The fraction of sp³-hybridized carbons (Fsp3) is 0.182. The second kappa shape index (κ2) is 5.07. The molecule has 1 aromatic heterocycles. The Morgan fingerprint density at radius 2 is 2.32 bits per heavy atom. The van der Waals surface area contributed by atoms with E-state index in [-0.39, 0.29) is 11.7 Å². The highest BCUT2D eigenvalue weighted by molar-refractivity contribution is 8.00. The van der Waals surface area contributed by atoms with Crippen molar-refractivity contribution >= 4 is 45.7 Å². The third kappa shape index (κ3) is 2.22. The van der Waals surface area contributed by atoms with Crippen molar-refractivity contribution in [1.82, 2.24) is 10.2 Å². The predicted octanol–water partition coefficient (Wildman–Crippen LogP) is 3.11. The van der Waals surface area contributed by atoms with Crippen molar-refractivity contribution < 1.29 is 9.18 Å². The number of halogens is 2. The summed E-state index contributed by atoms with van der Waals surface area (Å²) < 4.78 is 14.0. The largest absolute Gasteiger partial charge is 0.273 e. The summed E-state index contributed by atoms with van der Waals surface area (Å²) in [4.78, 5) is 13.4. The molecule has 3 rings (SSSR count). The van der Waals surface area contributed by atoms with Crippen LogP contribution in [-0.2, 0) is 4.79 Å². The molecule has 2 heterocycles. The number of benzene rings is 1. The summed E-state index contributed by atoms with van der Waals surface area (Å²) in [6.45, 7) is 0. The quantitative estimate of drug-likeness (QED) is 0.854. The first-order chi connectivity index (χ1) is 9.18. The molecule has 1 atom stereocenters. The first-order valence-corrected chi connectivity index (χ1v) is 7.63. The van der Waals surface area contributed by atoms with Gasteiger partial charge >= 0.3 is 0 Å². The molecule has 1 unspecified atom stereocenters. The van der Waals surface area contributed by atoms with E-state index < -0.39 is 11.2 Å². The Morgan fingerprint density at radius 1 is 1.47 bits per heavy atom. The topological polar surface area (TPSA) is 46.1 Å². The lowest BCUT2D eigenvalue weighted by molar-refractivity contribution is -0.115. The van der Waals surface area contributed by atoms with Crippen molar-refractivity contribution in [2.45, 2.75) is 5.37 Å². The van der Waals surface area contributed by atoms with Gasteiger partial charge in [-0.2, -0.15) is 0 Å². The predicted molar refractivity (Wildman–Crippen MR) is 74.0 cm³/mol. The van der Waals surface area contributed by atoms with Crippen LogP contribution in [-0.4, -0.2) is 21.9 Å². The lowest BCUT2D eigenvalue weighted by Gasteiger charge is -2.22. The van der Waals surface area contributed by atoms with Gasteiger partial charge in [-0.15, -0.1) is 22.0 Å². The van der Waals surface area contributed by atoms with E-state index in [0.717, 1.165) is 0 Å². The van der Waals surface area contributed by atoms with Crippen LogP contribution in [0.1, 0.15) is 10.9 Å². The van der Waals surface area contributed by atoms with Crippen molar-refractivity contribution in [2.75, 3.05) is 10.7 Å². The number of aromatic nitrogens is 2. The summed E-state index contributed by atoms with van der Waals surface area (Å²) in [7, 11) is 0. The molecule has 0 spiro atoms. The molecule has 2 aromatic rings. The van der Waals surface area contributed by atoms with Crippen molar-refractivity contribution in [3.05, 3.63) is 40.1 Å². The standard InChI is InChI=1S/C11H7ClFN3OS2/c12-6-2-1-3-7(13)9(6)10-16(8(17)4-18-10)11-15-14-5-19-11/h1-3,5,10H,4H2. The minimum absolute atomic E-state index is 0.119. The summed E-state index contributed by atoms with van der Waals surface area (Å²) in [5, 5.41) is 7.86. The van der Waals surface area contributed by atoms with Gasteiger partial charge in [-0.25, -0.2) is 4.39 Å². The Bertz CT molecular complexity index is 602. The molecule has 98 valence electrons. The number of nitrogens with zero attached hydrogens (tertiary/aromatic N) is 3. The molecular formula is C11H7ClFN3OS2. The smallest absolute Gasteiger partial charge is 0.240 e. The minimum Gasteiger partial charge on any atom is -0.273 e. The first kappa shape index (κ1) is 12.8. The summed E-state index contributed by atoms with van der Waals surface area (Å²) in [5.74, 6) is -0.269. The minimum atomic E-state index is -0.492. The summed E-state index contributed by atoms with van der Waals surface area (Å²) in [5.41, 5.74) is 1.85. The second-order valence-corrected chi connectivity index (χ2v) is 6.07. The van der Waals surface area contributed by atoms with E-state index in [1.165, 1.54) is 45.6 Å². The van der Waals surface area contributed by atoms with Crippen molar-refractivity contribution in [3.8, 4) is 0 Å². The summed E-state index contributed by atoms with van der Waals surface area (Å²) in [6.07, 6.45) is 0. The molecule has 0 aliphatic carbocycles. The van der Waals surface area contributed by atoms with Gasteiger partial charge in [0, 0.05) is 10.6 Å². The van der Waals surface area contributed by atoms with E-state index in [2.05, 4.69) is 10.2 Å². The number of hydrogen-bond acceptors (Lipinski definition) is 5. The number of carbonyl (C=O) groups excluding carboxylic acids is 1. The Morgan fingerprint density at radius 3 is 3.00 bits per heavy atom. The van der Waals surface area contributed by atoms with Crippen LogP contribution >= 0.6 is 34.7 Å². The zero-order valence-electron chi connectivity index (χ0n) is 9.42. The van der Waals surface area contributed by atoms with E-state index in [0.29, 0.717) is 15.7 Å². The van der Waals surface area contributed by atoms with Crippen molar-refractivity contribution in [3.63, 3.8) is 0 Å².